The molecule has 2 aliphatic heterocycles. The number of hydrogen-bond donors (Lipinski definition) is 1. The zero-order valence-electron chi connectivity index (χ0n) is 9.16. The third-order valence-electron chi connectivity index (χ3n) is 3.45. The van der Waals surface area contributed by atoms with Gasteiger partial charge in [-0.05, 0) is 25.7 Å². The van der Waals surface area contributed by atoms with Crippen LogP contribution >= 0.6 is 0 Å². The lowest BCUT2D eigenvalue weighted by atomic mass is 9.96. The highest BCUT2D eigenvalue weighted by molar-refractivity contribution is 4.86. The Kier molecular flexibility index (Phi) is 3.42. The first-order chi connectivity index (χ1) is 6.77. The lowest BCUT2D eigenvalue weighted by Gasteiger charge is -2.32. The van der Waals surface area contributed by atoms with Crippen LogP contribution < -0.4 is 5.32 Å². The van der Waals surface area contributed by atoms with Crippen molar-refractivity contribution >= 4 is 0 Å². The molecule has 2 aliphatic rings. The minimum absolute atomic E-state index is 0.380. The van der Waals surface area contributed by atoms with Gasteiger partial charge in [-0.1, -0.05) is 6.92 Å². The third-order valence-corrected chi connectivity index (χ3v) is 3.45. The van der Waals surface area contributed by atoms with E-state index in [1.165, 1.54) is 0 Å². The fourth-order valence-corrected chi connectivity index (χ4v) is 2.35. The van der Waals surface area contributed by atoms with Crippen LogP contribution in [0.1, 0.15) is 26.7 Å². The summed E-state index contributed by atoms with van der Waals surface area (Å²) in [4.78, 5) is 0. The first-order valence-electron chi connectivity index (χ1n) is 5.73. The number of nitrogens with one attached hydrogen (secondary N) is 1. The minimum Gasteiger partial charge on any atom is -0.381 e. The number of rotatable bonds is 2. The van der Waals surface area contributed by atoms with Gasteiger partial charge in [-0.25, -0.2) is 0 Å². The second-order valence-electron chi connectivity index (χ2n) is 4.59. The molecule has 82 valence electrons. The Labute approximate surface area is 86.2 Å². The molecule has 0 saturated carbocycles. The van der Waals surface area contributed by atoms with Gasteiger partial charge in [0.15, 0.2) is 0 Å². The van der Waals surface area contributed by atoms with E-state index in [-0.39, 0.29) is 0 Å². The third kappa shape index (κ3) is 2.27. The quantitative estimate of drug-likeness (QED) is 0.724. The first-order valence-corrected chi connectivity index (χ1v) is 5.73. The summed E-state index contributed by atoms with van der Waals surface area (Å²) in [6.07, 6.45) is 2.68. The van der Waals surface area contributed by atoms with Crippen molar-refractivity contribution in [2.75, 3.05) is 19.8 Å². The molecule has 4 atom stereocenters. The predicted molar refractivity (Wildman–Crippen MR) is 55.3 cm³/mol. The second kappa shape index (κ2) is 4.60. The van der Waals surface area contributed by atoms with Crippen molar-refractivity contribution in [1.29, 1.82) is 0 Å². The molecule has 0 aliphatic carbocycles. The molecule has 0 spiro atoms. The zero-order chi connectivity index (χ0) is 9.97. The second-order valence-corrected chi connectivity index (χ2v) is 4.59. The fourth-order valence-electron chi connectivity index (χ4n) is 2.35. The highest BCUT2D eigenvalue weighted by Gasteiger charge is 2.29. The highest BCUT2D eigenvalue weighted by atomic mass is 16.5. The van der Waals surface area contributed by atoms with Gasteiger partial charge in [-0.2, -0.15) is 0 Å². The Morgan fingerprint density at radius 3 is 2.50 bits per heavy atom. The molecule has 2 fully saturated rings. The smallest absolute Gasteiger partial charge is 0.0700 e. The monoisotopic (exact) mass is 199 g/mol. The highest BCUT2D eigenvalue weighted by Crippen LogP contribution is 2.19. The summed E-state index contributed by atoms with van der Waals surface area (Å²) in [5.74, 6) is 0.636. The van der Waals surface area contributed by atoms with Gasteiger partial charge in [-0.15, -0.1) is 0 Å². The summed E-state index contributed by atoms with van der Waals surface area (Å²) in [5.41, 5.74) is 0. The summed E-state index contributed by atoms with van der Waals surface area (Å²) < 4.78 is 11.0. The predicted octanol–water partition coefficient (Wildman–Crippen LogP) is 1.18. The van der Waals surface area contributed by atoms with Crippen molar-refractivity contribution in [3.05, 3.63) is 0 Å². The molecule has 0 amide bonds. The van der Waals surface area contributed by atoms with Crippen LogP contribution in [0.15, 0.2) is 0 Å². The number of ether oxygens (including phenoxy) is 2. The Bertz CT molecular complexity index is 186. The van der Waals surface area contributed by atoms with Crippen LogP contribution in [0.3, 0.4) is 0 Å². The molecule has 0 aromatic carbocycles. The molecule has 14 heavy (non-hydrogen) atoms. The van der Waals surface area contributed by atoms with Crippen LogP contribution in [0.2, 0.25) is 0 Å². The van der Waals surface area contributed by atoms with Gasteiger partial charge in [0.05, 0.1) is 12.7 Å². The molecule has 2 heterocycles. The van der Waals surface area contributed by atoms with Crippen LogP contribution in [0, 0.1) is 5.92 Å². The standard InChI is InChI=1S/C11H21NO2/c1-8-7-13-5-3-10(8)12-11-4-6-14-9(11)2/h8-12H,3-7H2,1-2H3/t8?,9-,10?,11-/m1/s1. The summed E-state index contributed by atoms with van der Waals surface area (Å²) in [7, 11) is 0. The fraction of sp³-hybridized carbons (Fsp3) is 1.00. The Morgan fingerprint density at radius 1 is 1.07 bits per heavy atom. The van der Waals surface area contributed by atoms with Gasteiger partial charge in [0.2, 0.25) is 0 Å². The summed E-state index contributed by atoms with van der Waals surface area (Å²) >= 11 is 0. The van der Waals surface area contributed by atoms with Gasteiger partial charge < -0.3 is 14.8 Å². The van der Waals surface area contributed by atoms with Gasteiger partial charge >= 0.3 is 0 Å². The van der Waals surface area contributed by atoms with Gasteiger partial charge in [0.1, 0.15) is 0 Å². The van der Waals surface area contributed by atoms with Crippen molar-refractivity contribution in [1.82, 2.24) is 5.32 Å². The van der Waals surface area contributed by atoms with E-state index >= 15 is 0 Å². The van der Waals surface area contributed by atoms with Crippen LogP contribution in [-0.4, -0.2) is 38.0 Å². The average molecular weight is 199 g/mol. The summed E-state index contributed by atoms with van der Waals surface area (Å²) in [6.45, 7) is 7.14. The van der Waals surface area contributed by atoms with E-state index in [2.05, 4.69) is 19.2 Å². The van der Waals surface area contributed by atoms with Gasteiger partial charge in [0, 0.05) is 25.3 Å². The molecular formula is C11H21NO2. The van der Waals surface area contributed by atoms with E-state index in [0.29, 0.717) is 24.1 Å². The van der Waals surface area contributed by atoms with Crippen molar-refractivity contribution < 1.29 is 9.47 Å². The average Bonchev–Trinajstić information content (AvgIpc) is 2.56. The Hall–Kier alpha value is -0.120. The van der Waals surface area contributed by atoms with Crippen LogP contribution in [-0.2, 0) is 9.47 Å². The van der Waals surface area contributed by atoms with Crippen molar-refractivity contribution in [3.8, 4) is 0 Å². The van der Waals surface area contributed by atoms with E-state index in [1.807, 2.05) is 0 Å². The lowest BCUT2D eigenvalue weighted by molar-refractivity contribution is 0.0311. The van der Waals surface area contributed by atoms with Crippen LogP contribution in [0.5, 0.6) is 0 Å². The van der Waals surface area contributed by atoms with Gasteiger partial charge in [-0.3, -0.25) is 0 Å². The molecule has 3 heteroatoms. The Morgan fingerprint density at radius 2 is 1.86 bits per heavy atom. The van der Waals surface area contributed by atoms with E-state index < -0.39 is 0 Å². The molecule has 0 aromatic rings. The minimum atomic E-state index is 0.380. The van der Waals surface area contributed by atoms with E-state index in [0.717, 1.165) is 32.7 Å². The summed E-state index contributed by atoms with van der Waals surface area (Å²) in [6, 6.07) is 1.18. The molecule has 2 saturated heterocycles. The summed E-state index contributed by atoms with van der Waals surface area (Å²) in [5, 5.41) is 3.71. The number of hydrogen-bond acceptors (Lipinski definition) is 3. The molecule has 1 N–H and O–H groups in total. The lowest BCUT2D eigenvalue weighted by Crippen LogP contribution is -2.48. The van der Waals surface area contributed by atoms with Crippen molar-refractivity contribution in [3.63, 3.8) is 0 Å². The largest absolute Gasteiger partial charge is 0.381 e. The first kappa shape index (κ1) is 10.4. The van der Waals surface area contributed by atoms with E-state index in [9.17, 15) is 0 Å². The molecule has 2 unspecified atom stereocenters. The van der Waals surface area contributed by atoms with Crippen LogP contribution in [0.4, 0.5) is 0 Å². The van der Waals surface area contributed by atoms with Crippen molar-refractivity contribution in [2.24, 2.45) is 5.92 Å². The molecule has 3 nitrogen and oxygen atoms in total. The topological polar surface area (TPSA) is 30.5 Å². The van der Waals surface area contributed by atoms with Crippen molar-refractivity contribution in [2.45, 2.75) is 44.9 Å². The van der Waals surface area contributed by atoms with Crippen LogP contribution in [0.25, 0.3) is 0 Å². The van der Waals surface area contributed by atoms with E-state index in [4.69, 9.17) is 9.47 Å². The van der Waals surface area contributed by atoms with Gasteiger partial charge in [0.25, 0.3) is 0 Å². The normalized spacial score (nSPS) is 44.1. The molecular weight excluding hydrogens is 178 g/mol. The SMILES string of the molecule is CC1COCCC1N[C@@H]1CCO[C@@H]1C. The molecule has 0 bridgehead atoms. The molecule has 2 rings (SSSR count). The molecule has 0 aromatic heterocycles. The maximum atomic E-state index is 5.55. The Balaban J connectivity index is 1.83. The zero-order valence-corrected chi connectivity index (χ0v) is 9.16. The van der Waals surface area contributed by atoms with E-state index in [1.54, 1.807) is 0 Å². The maximum Gasteiger partial charge on any atom is 0.0700 e. The molecule has 0 radical (unpaired) electrons. The maximum absolute atomic E-state index is 5.55.